The molecule has 16 heavy (non-hydrogen) atoms. The summed E-state index contributed by atoms with van der Waals surface area (Å²) in [5.41, 5.74) is 0.242. The summed E-state index contributed by atoms with van der Waals surface area (Å²) in [6.07, 6.45) is 1.21. The van der Waals surface area contributed by atoms with Crippen molar-refractivity contribution < 1.29 is 14.3 Å². The number of carbonyl (C=O) groups is 1. The zero-order valence-electron chi connectivity index (χ0n) is 7.76. The van der Waals surface area contributed by atoms with E-state index in [-0.39, 0.29) is 10.7 Å². The van der Waals surface area contributed by atoms with Crippen LogP contribution in [0, 0.1) is 5.82 Å². The van der Waals surface area contributed by atoms with Crippen LogP contribution in [0.5, 0.6) is 0 Å². The standard InChI is InChI=1S/C9H5ClFN3O2/c10-6-3-5(1-2-7(6)11)14-4-8(9(15)16)12-13-14/h1-4H,(H,15,16). The van der Waals surface area contributed by atoms with Crippen LogP contribution >= 0.6 is 11.6 Å². The SMILES string of the molecule is O=C(O)c1cn(-c2ccc(F)c(Cl)c2)nn1. The molecule has 1 N–H and O–H groups in total. The number of aromatic nitrogens is 3. The van der Waals surface area contributed by atoms with Crippen LogP contribution in [0.2, 0.25) is 5.02 Å². The average molecular weight is 242 g/mol. The van der Waals surface area contributed by atoms with Crippen molar-refractivity contribution >= 4 is 17.6 Å². The van der Waals surface area contributed by atoms with Gasteiger partial charge in [0.2, 0.25) is 0 Å². The van der Waals surface area contributed by atoms with E-state index in [1.54, 1.807) is 0 Å². The molecule has 1 heterocycles. The highest BCUT2D eigenvalue weighted by Crippen LogP contribution is 2.18. The molecule has 0 aliphatic carbocycles. The van der Waals surface area contributed by atoms with Crippen molar-refractivity contribution in [2.45, 2.75) is 0 Å². The maximum Gasteiger partial charge on any atom is 0.358 e. The summed E-state index contributed by atoms with van der Waals surface area (Å²) in [4.78, 5) is 10.6. The van der Waals surface area contributed by atoms with Crippen LogP contribution in [-0.2, 0) is 0 Å². The van der Waals surface area contributed by atoms with Gasteiger partial charge in [-0.05, 0) is 18.2 Å². The zero-order chi connectivity index (χ0) is 11.7. The predicted molar refractivity (Wildman–Crippen MR) is 53.3 cm³/mol. The summed E-state index contributed by atoms with van der Waals surface area (Å²) in [5.74, 6) is -1.73. The van der Waals surface area contributed by atoms with E-state index in [0.29, 0.717) is 5.69 Å². The molecule has 82 valence electrons. The lowest BCUT2D eigenvalue weighted by Gasteiger charge is -2.00. The number of rotatable bonds is 2. The zero-order valence-corrected chi connectivity index (χ0v) is 8.52. The molecule has 0 atom stereocenters. The van der Waals surface area contributed by atoms with E-state index in [9.17, 15) is 9.18 Å². The number of benzene rings is 1. The van der Waals surface area contributed by atoms with Crippen LogP contribution in [-0.4, -0.2) is 26.1 Å². The highest BCUT2D eigenvalue weighted by Gasteiger charge is 2.10. The Kier molecular flexibility index (Phi) is 2.57. The molecule has 0 saturated heterocycles. The molecule has 0 aliphatic rings. The molecule has 2 aromatic rings. The molecule has 0 aliphatic heterocycles. The van der Waals surface area contributed by atoms with Gasteiger partial charge in [-0.25, -0.2) is 13.9 Å². The summed E-state index contributed by atoms with van der Waals surface area (Å²) in [7, 11) is 0. The van der Waals surface area contributed by atoms with Gasteiger partial charge in [-0.2, -0.15) is 0 Å². The quantitative estimate of drug-likeness (QED) is 0.870. The number of carboxylic acids is 1. The summed E-state index contributed by atoms with van der Waals surface area (Å²) in [6.45, 7) is 0. The molecule has 0 unspecified atom stereocenters. The number of nitrogens with zero attached hydrogens (tertiary/aromatic N) is 3. The van der Waals surface area contributed by atoms with E-state index < -0.39 is 11.8 Å². The van der Waals surface area contributed by atoms with E-state index in [2.05, 4.69) is 10.3 Å². The van der Waals surface area contributed by atoms with Gasteiger partial charge >= 0.3 is 5.97 Å². The Morgan fingerprint density at radius 2 is 2.25 bits per heavy atom. The highest BCUT2D eigenvalue weighted by atomic mass is 35.5. The number of carboxylic acid groups (broad SMARTS) is 1. The molecule has 7 heteroatoms. The highest BCUT2D eigenvalue weighted by molar-refractivity contribution is 6.30. The fourth-order valence-corrected chi connectivity index (χ4v) is 1.29. The summed E-state index contributed by atoms with van der Waals surface area (Å²) in [5, 5.41) is 15.6. The summed E-state index contributed by atoms with van der Waals surface area (Å²) >= 11 is 5.58. The first-order chi connectivity index (χ1) is 7.58. The fourth-order valence-electron chi connectivity index (χ4n) is 1.12. The third kappa shape index (κ3) is 1.87. The van der Waals surface area contributed by atoms with Gasteiger partial charge in [-0.15, -0.1) is 5.10 Å². The first kappa shape index (κ1) is 10.6. The van der Waals surface area contributed by atoms with Crippen molar-refractivity contribution in [3.05, 3.63) is 40.9 Å². The Morgan fingerprint density at radius 3 is 2.81 bits per heavy atom. The molecular formula is C9H5ClFN3O2. The summed E-state index contributed by atoms with van der Waals surface area (Å²) < 4.78 is 14.1. The average Bonchev–Trinajstić information content (AvgIpc) is 2.71. The Hall–Kier alpha value is -1.95. The summed E-state index contributed by atoms with van der Waals surface area (Å²) in [6, 6.07) is 3.92. The topological polar surface area (TPSA) is 68.0 Å². The van der Waals surface area contributed by atoms with Gasteiger partial charge in [-0.3, -0.25) is 0 Å². The van der Waals surface area contributed by atoms with E-state index in [4.69, 9.17) is 16.7 Å². The molecule has 1 aromatic carbocycles. The maximum absolute atomic E-state index is 12.9. The van der Waals surface area contributed by atoms with E-state index in [0.717, 1.165) is 0 Å². The van der Waals surface area contributed by atoms with Gasteiger partial charge in [0.05, 0.1) is 16.9 Å². The van der Waals surface area contributed by atoms with E-state index in [1.807, 2.05) is 0 Å². The van der Waals surface area contributed by atoms with Crippen molar-refractivity contribution in [1.82, 2.24) is 15.0 Å². The van der Waals surface area contributed by atoms with E-state index >= 15 is 0 Å². The van der Waals surface area contributed by atoms with Crippen LogP contribution in [0.4, 0.5) is 4.39 Å². The van der Waals surface area contributed by atoms with Crippen molar-refractivity contribution in [2.75, 3.05) is 0 Å². The van der Waals surface area contributed by atoms with E-state index in [1.165, 1.54) is 29.1 Å². The number of hydrogen-bond donors (Lipinski definition) is 1. The Morgan fingerprint density at radius 1 is 1.50 bits per heavy atom. The fraction of sp³-hybridized carbons (Fsp3) is 0. The minimum absolute atomic E-state index is 0.0649. The molecule has 0 bridgehead atoms. The normalized spacial score (nSPS) is 10.4. The third-order valence-electron chi connectivity index (χ3n) is 1.88. The first-order valence-electron chi connectivity index (χ1n) is 4.19. The monoisotopic (exact) mass is 241 g/mol. The molecule has 0 amide bonds. The molecule has 0 spiro atoms. The first-order valence-corrected chi connectivity index (χ1v) is 4.57. The van der Waals surface area contributed by atoms with Crippen LogP contribution in [0.25, 0.3) is 5.69 Å². The van der Waals surface area contributed by atoms with Crippen LogP contribution in [0.3, 0.4) is 0 Å². The molecule has 2 rings (SSSR count). The minimum atomic E-state index is -1.18. The molecule has 0 fully saturated rings. The van der Waals surface area contributed by atoms with Crippen molar-refractivity contribution in [3.8, 4) is 5.69 Å². The third-order valence-corrected chi connectivity index (χ3v) is 2.17. The minimum Gasteiger partial charge on any atom is -0.476 e. The molecule has 5 nitrogen and oxygen atoms in total. The van der Waals surface area contributed by atoms with Gasteiger partial charge in [0, 0.05) is 0 Å². The van der Waals surface area contributed by atoms with Crippen LogP contribution in [0.15, 0.2) is 24.4 Å². The molecule has 0 radical (unpaired) electrons. The Bertz CT molecular complexity index is 555. The van der Waals surface area contributed by atoms with Gasteiger partial charge in [-0.1, -0.05) is 16.8 Å². The van der Waals surface area contributed by atoms with Gasteiger partial charge < -0.3 is 5.11 Å². The maximum atomic E-state index is 12.9. The smallest absolute Gasteiger partial charge is 0.358 e. The largest absolute Gasteiger partial charge is 0.476 e. The number of aromatic carboxylic acids is 1. The second kappa shape index (κ2) is 3.90. The molecular weight excluding hydrogens is 237 g/mol. The lowest BCUT2D eigenvalue weighted by molar-refractivity contribution is 0.0690. The van der Waals surface area contributed by atoms with Gasteiger partial charge in [0.25, 0.3) is 0 Å². The van der Waals surface area contributed by atoms with Crippen molar-refractivity contribution in [2.24, 2.45) is 0 Å². The predicted octanol–water partition coefficient (Wildman–Crippen LogP) is 1.76. The molecule has 1 aromatic heterocycles. The molecule has 0 saturated carbocycles. The van der Waals surface area contributed by atoms with Crippen LogP contribution < -0.4 is 0 Å². The Labute approximate surface area is 94.1 Å². The van der Waals surface area contributed by atoms with Gasteiger partial charge in [0.15, 0.2) is 5.69 Å². The number of halogens is 2. The second-order valence-corrected chi connectivity index (χ2v) is 3.36. The van der Waals surface area contributed by atoms with Crippen molar-refractivity contribution in [1.29, 1.82) is 0 Å². The van der Waals surface area contributed by atoms with Crippen LogP contribution in [0.1, 0.15) is 10.5 Å². The Balaban J connectivity index is 2.42. The van der Waals surface area contributed by atoms with Gasteiger partial charge in [0.1, 0.15) is 5.82 Å². The van der Waals surface area contributed by atoms with Crippen molar-refractivity contribution in [3.63, 3.8) is 0 Å². The lowest BCUT2D eigenvalue weighted by Crippen LogP contribution is -1.96. The second-order valence-electron chi connectivity index (χ2n) is 2.95. The lowest BCUT2D eigenvalue weighted by atomic mass is 10.3. The number of hydrogen-bond acceptors (Lipinski definition) is 3.